The smallest absolute Gasteiger partial charge is 0.302 e. The zero-order chi connectivity index (χ0) is 23.3. The number of carbonyl (C=O) groups is 2. The van der Waals surface area contributed by atoms with E-state index in [2.05, 4.69) is 0 Å². The Labute approximate surface area is 196 Å². The third kappa shape index (κ3) is 5.10. The lowest BCUT2D eigenvalue weighted by molar-refractivity contribution is -0.252. The zero-order valence-electron chi connectivity index (χ0n) is 18.6. The average molecular weight is 475 g/mol. The molecule has 2 aromatic rings. The van der Waals surface area contributed by atoms with Crippen molar-refractivity contribution in [2.24, 2.45) is 0 Å². The van der Waals surface area contributed by atoms with E-state index < -0.39 is 5.79 Å². The zero-order valence-corrected chi connectivity index (χ0v) is 19.4. The molecule has 0 saturated carbocycles. The van der Waals surface area contributed by atoms with Crippen molar-refractivity contribution >= 4 is 23.7 Å². The predicted octanol–water partition coefficient (Wildman–Crippen LogP) is 3.67. The molecule has 1 spiro atoms. The van der Waals surface area contributed by atoms with Gasteiger partial charge in [-0.2, -0.15) is 0 Å². The number of hydrogen-bond acceptors (Lipinski definition) is 9. The van der Waals surface area contributed by atoms with E-state index in [4.69, 9.17) is 28.4 Å². The molecular formula is C24H26O8S. The van der Waals surface area contributed by atoms with Gasteiger partial charge in [-0.05, 0) is 24.6 Å². The summed E-state index contributed by atoms with van der Waals surface area (Å²) in [6.07, 6.45) is 0.815. The van der Waals surface area contributed by atoms with E-state index in [0.29, 0.717) is 24.7 Å². The molecule has 0 unspecified atom stereocenters. The molecule has 8 nitrogen and oxygen atoms in total. The predicted molar refractivity (Wildman–Crippen MR) is 119 cm³/mol. The number of hydrogen-bond donors (Lipinski definition) is 0. The van der Waals surface area contributed by atoms with Gasteiger partial charge in [-0.15, -0.1) is 0 Å². The van der Waals surface area contributed by atoms with Gasteiger partial charge in [0.1, 0.15) is 26.4 Å². The van der Waals surface area contributed by atoms with Gasteiger partial charge in [0.05, 0.1) is 18.1 Å². The molecule has 0 atom stereocenters. The van der Waals surface area contributed by atoms with E-state index in [1.165, 1.54) is 13.8 Å². The maximum atomic E-state index is 11.1. The Hall–Kier alpha value is -2.75. The molecule has 4 rings (SSSR count). The van der Waals surface area contributed by atoms with Crippen LogP contribution in [-0.2, 0) is 34.3 Å². The Balaban J connectivity index is 1.70. The number of carbonyl (C=O) groups excluding carboxylic acids is 2. The molecule has 176 valence electrons. The van der Waals surface area contributed by atoms with Gasteiger partial charge in [0.2, 0.25) is 5.79 Å². The second kappa shape index (κ2) is 10.5. The number of ether oxygens (including phenoxy) is 6. The summed E-state index contributed by atoms with van der Waals surface area (Å²) in [5, 5.41) is 0. The molecule has 9 heteroatoms. The van der Waals surface area contributed by atoms with Gasteiger partial charge in [-0.3, -0.25) is 9.59 Å². The highest BCUT2D eigenvalue weighted by atomic mass is 32.2. The van der Waals surface area contributed by atoms with Crippen LogP contribution in [0.4, 0.5) is 0 Å². The van der Waals surface area contributed by atoms with Crippen molar-refractivity contribution in [3.63, 3.8) is 0 Å². The van der Waals surface area contributed by atoms with Crippen LogP contribution in [0.2, 0.25) is 0 Å². The van der Waals surface area contributed by atoms with Crippen LogP contribution in [0.15, 0.2) is 46.2 Å². The minimum Gasteiger partial charge on any atom is -0.486 e. The highest BCUT2D eigenvalue weighted by Gasteiger charge is 2.46. The van der Waals surface area contributed by atoms with Crippen LogP contribution in [0.3, 0.4) is 0 Å². The first-order valence-electron chi connectivity index (χ1n) is 10.8. The molecule has 2 heterocycles. The normalized spacial score (nSPS) is 15.8. The quantitative estimate of drug-likeness (QED) is 0.420. The van der Waals surface area contributed by atoms with Gasteiger partial charge in [-0.25, -0.2) is 0 Å². The molecule has 0 N–H and O–H groups in total. The lowest BCUT2D eigenvalue weighted by atomic mass is 9.94. The van der Waals surface area contributed by atoms with Crippen LogP contribution < -0.4 is 9.47 Å². The highest BCUT2D eigenvalue weighted by Crippen LogP contribution is 2.56. The summed E-state index contributed by atoms with van der Waals surface area (Å²) in [6, 6.07) is 11.7. The summed E-state index contributed by atoms with van der Waals surface area (Å²) in [5.41, 5.74) is 1.79. The summed E-state index contributed by atoms with van der Waals surface area (Å²) in [5.74, 6) is -0.791. The van der Waals surface area contributed by atoms with Crippen molar-refractivity contribution in [1.82, 2.24) is 0 Å². The minimum atomic E-state index is -1.03. The monoisotopic (exact) mass is 474 g/mol. The van der Waals surface area contributed by atoms with Crippen molar-refractivity contribution in [2.75, 3.05) is 39.6 Å². The lowest BCUT2D eigenvalue weighted by Gasteiger charge is -2.42. The van der Waals surface area contributed by atoms with Gasteiger partial charge in [0, 0.05) is 29.9 Å². The fourth-order valence-corrected chi connectivity index (χ4v) is 4.99. The van der Waals surface area contributed by atoms with E-state index in [9.17, 15) is 9.59 Å². The van der Waals surface area contributed by atoms with Crippen molar-refractivity contribution in [3.8, 4) is 11.5 Å². The third-order valence-electron chi connectivity index (χ3n) is 5.06. The standard InChI is InChI=1S/C24H26O8S/c1-16(25)27-12-14-29-20-9-8-19-23(22(20)30-15-13-28-17(2)26)33-21-7-4-3-6-18(21)24(19)31-10-5-11-32-24/h3-4,6-9H,5,10-15H2,1-2H3. The first-order chi connectivity index (χ1) is 16.0. The summed E-state index contributed by atoms with van der Waals surface area (Å²) in [4.78, 5) is 24.0. The molecule has 2 aromatic carbocycles. The number of benzene rings is 2. The van der Waals surface area contributed by atoms with Crippen molar-refractivity contribution in [3.05, 3.63) is 47.5 Å². The Morgan fingerprint density at radius 2 is 1.55 bits per heavy atom. The molecule has 0 aromatic heterocycles. The Bertz CT molecular complexity index is 1020. The SMILES string of the molecule is CC(=O)OCCOc1ccc2c(c1OCCOC(C)=O)Sc1ccccc1C21OCCCO1. The third-order valence-corrected chi connectivity index (χ3v) is 6.25. The molecule has 2 aliphatic heterocycles. The average Bonchev–Trinajstić information content (AvgIpc) is 2.81. The fraction of sp³-hybridized carbons (Fsp3) is 0.417. The second-order valence-corrected chi connectivity index (χ2v) is 8.46. The van der Waals surface area contributed by atoms with Gasteiger partial charge in [0.25, 0.3) is 0 Å². The van der Waals surface area contributed by atoms with Crippen molar-refractivity contribution < 1.29 is 38.0 Å². The molecule has 0 radical (unpaired) electrons. The first-order valence-corrected chi connectivity index (χ1v) is 11.6. The van der Waals surface area contributed by atoms with Gasteiger partial charge < -0.3 is 28.4 Å². The molecule has 0 amide bonds. The van der Waals surface area contributed by atoms with Crippen LogP contribution in [0.25, 0.3) is 0 Å². The maximum absolute atomic E-state index is 11.1. The Morgan fingerprint density at radius 1 is 0.879 bits per heavy atom. The van der Waals surface area contributed by atoms with Gasteiger partial charge in [0.15, 0.2) is 11.5 Å². The van der Waals surface area contributed by atoms with Crippen LogP contribution in [0.1, 0.15) is 31.4 Å². The molecule has 33 heavy (non-hydrogen) atoms. The Kier molecular flexibility index (Phi) is 7.42. The summed E-state index contributed by atoms with van der Waals surface area (Å²) < 4.78 is 34.5. The highest BCUT2D eigenvalue weighted by molar-refractivity contribution is 7.99. The van der Waals surface area contributed by atoms with Crippen molar-refractivity contribution in [2.45, 2.75) is 35.8 Å². The molecule has 1 fully saturated rings. The topological polar surface area (TPSA) is 89.5 Å². The number of fused-ring (bicyclic) bond motifs is 4. The molecular weight excluding hydrogens is 448 g/mol. The fourth-order valence-electron chi connectivity index (χ4n) is 3.75. The summed E-state index contributed by atoms with van der Waals surface area (Å²) in [6.45, 7) is 4.37. The second-order valence-electron chi connectivity index (χ2n) is 7.41. The molecule has 2 aliphatic rings. The minimum absolute atomic E-state index is 0.102. The van der Waals surface area contributed by atoms with Crippen LogP contribution >= 0.6 is 11.8 Å². The Morgan fingerprint density at radius 3 is 2.24 bits per heavy atom. The molecule has 1 saturated heterocycles. The van der Waals surface area contributed by atoms with E-state index in [0.717, 1.165) is 27.3 Å². The number of esters is 2. The molecule has 0 bridgehead atoms. The van der Waals surface area contributed by atoms with E-state index in [1.807, 2.05) is 30.3 Å². The van der Waals surface area contributed by atoms with Crippen LogP contribution in [0.5, 0.6) is 11.5 Å². The first kappa shape index (κ1) is 23.4. The lowest BCUT2D eigenvalue weighted by Crippen LogP contribution is -2.41. The molecule has 0 aliphatic carbocycles. The number of rotatable bonds is 8. The largest absolute Gasteiger partial charge is 0.486 e. The van der Waals surface area contributed by atoms with Gasteiger partial charge >= 0.3 is 11.9 Å². The van der Waals surface area contributed by atoms with Crippen LogP contribution in [0, 0.1) is 0 Å². The summed E-state index contributed by atoms with van der Waals surface area (Å²) >= 11 is 1.54. The maximum Gasteiger partial charge on any atom is 0.302 e. The van der Waals surface area contributed by atoms with Crippen LogP contribution in [-0.4, -0.2) is 51.6 Å². The van der Waals surface area contributed by atoms with E-state index in [1.54, 1.807) is 17.8 Å². The van der Waals surface area contributed by atoms with E-state index >= 15 is 0 Å². The van der Waals surface area contributed by atoms with E-state index in [-0.39, 0.29) is 38.4 Å². The van der Waals surface area contributed by atoms with Crippen molar-refractivity contribution in [1.29, 1.82) is 0 Å². The summed E-state index contributed by atoms with van der Waals surface area (Å²) in [7, 11) is 0. The van der Waals surface area contributed by atoms with Gasteiger partial charge in [-0.1, -0.05) is 30.0 Å².